The van der Waals surface area contributed by atoms with Gasteiger partial charge in [-0.3, -0.25) is 5.10 Å². The fraction of sp³-hybridized carbons (Fsp3) is 0.188. The quantitative estimate of drug-likeness (QED) is 0.885. The van der Waals surface area contributed by atoms with E-state index < -0.39 is 5.82 Å². The fourth-order valence-corrected chi connectivity index (χ4v) is 2.98. The van der Waals surface area contributed by atoms with Gasteiger partial charge in [0.1, 0.15) is 11.6 Å². The normalized spacial score (nSPS) is 19.5. The highest BCUT2D eigenvalue weighted by molar-refractivity contribution is 5.83. The van der Waals surface area contributed by atoms with Crippen molar-refractivity contribution in [3.8, 4) is 0 Å². The second-order valence-electron chi connectivity index (χ2n) is 5.28. The third kappa shape index (κ3) is 1.88. The smallest absolute Gasteiger partial charge is 0.152 e. The molecule has 1 aliphatic heterocycles. The minimum Gasteiger partial charge on any atom is -0.368 e. The Morgan fingerprint density at radius 2 is 2.10 bits per heavy atom. The number of anilines is 1. The number of nitrogens with one attached hydrogen (secondary N) is 2. The number of aromatic amines is 1. The molecule has 1 aromatic heterocycles. The Bertz CT molecular complexity index is 774. The Hall–Kier alpha value is -2.43. The van der Waals surface area contributed by atoms with E-state index in [9.17, 15) is 8.78 Å². The van der Waals surface area contributed by atoms with Gasteiger partial charge >= 0.3 is 0 Å². The summed E-state index contributed by atoms with van der Waals surface area (Å²) in [5.74, 6) is -0.259. The van der Waals surface area contributed by atoms with E-state index >= 15 is 0 Å². The van der Waals surface area contributed by atoms with Gasteiger partial charge in [-0.1, -0.05) is 18.2 Å². The van der Waals surface area contributed by atoms with Crippen molar-refractivity contribution in [2.75, 3.05) is 11.9 Å². The molecule has 106 valence electrons. The summed E-state index contributed by atoms with van der Waals surface area (Å²) >= 11 is 0. The first-order valence-electron chi connectivity index (χ1n) is 6.90. The van der Waals surface area contributed by atoms with Crippen LogP contribution in [-0.2, 0) is 0 Å². The van der Waals surface area contributed by atoms with Crippen LogP contribution < -0.4 is 5.32 Å². The lowest BCUT2D eigenvalue weighted by molar-refractivity contribution is 0.566. The number of allylic oxidation sites excluding steroid dienone is 4. The molecule has 3 nitrogen and oxygen atoms in total. The largest absolute Gasteiger partial charge is 0.368 e. The molecule has 1 aliphatic carbocycles. The molecule has 2 N–H and O–H groups in total. The van der Waals surface area contributed by atoms with Crippen molar-refractivity contribution in [1.82, 2.24) is 10.2 Å². The Balaban J connectivity index is 1.86. The number of halogens is 2. The summed E-state index contributed by atoms with van der Waals surface area (Å²) in [5, 5.41) is 10.5. The van der Waals surface area contributed by atoms with Gasteiger partial charge in [-0.25, -0.2) is 8.78 Å². The highest BCUT2D eigenvalue weighted by atomic mass is 19.1. The number of hydrogen-bond donors (Lipinski definition) is 2. The summed E-state index contributed by atoms with van der Waals surface area (Å²) in [7, 11) is 0. The Kier molecular flexibility index (Phi) is 2.67. The molecule has 2 aromatic rings. The van der Waals surface area contributed by atoms with Gasteiger partial charge in [-0.15, -0.1) is 0 Å². The molecule has 0 saturated carbocycles. The van der Waals surface area contributed by atoms with Crippen LogP contribution in [0.15, 0.2) is 36.4 Å². The topological polar surface area (TPSA) is 40.7 Å². The van der Waals surface area contributed by atoms with Crippen LogP contribution in [0.1, 0.15) is 29.2 Å². The summed E-state index contributed by atoms with van der Waals surface area (Å²) < 4.78 is 27.6. The van der Waals surface area contributed by atoms with Gasteiger partial charge in [0, 0.05) is 18.0 Å². The fourth-order valence-electron chi connectivity index (χ4n) is 2.98. The van der Waals surface area contributed by atoms with Gasteiger partial charge in [-0.2, -0.15) is 5.10 Å². The van der Waals surface area contributed by atoms with E-state index in [4.69, 9.17) is 0 Å². The van der Waals surface area contributed by atoms with Crippen LogP contribution in [0.4, 0.5) is 14.6 Å². The average Bonchev–Trinajstić information content (AvgIpc) is 2.84. The molecule has 1 unspecified atom stereocenters. The van der Waals surface area contributed by atoms with Crippen LogP contribution in [0.5, 0.6) is 0 Å². The number of nitrogens with zero attached hydrogens (tertiary/aromatic N) is 1. The molecule has 21 heavy (non-hydrogen) atoms. The monoisotopic (exact) mass is 285 g/mol. The summed E-state index contributed by atoms with van der Waals surface area (Å²) in [6, 6.07) is 3.62. The van der Waals surface area contributed by atoms with E-state index in [0.717, 1.165) is 28.7 Å². The molecule has 0 amide bonds. The first-order chi connectivity index (χ1) is 10.2. The maximum atomic E-state index is 14.1. The molecule has 4 rings (SSSR count). The molecule has 2 aliphatic rings. The summed E-state index contributed by atoms with van der Waals surface area (Å²) in [4.78, 5) is 0. The van der Waals surface area contributed by atoms with Crippen molar-refractivity contribution >= 4 is 11.4 Å². The summed E-state index contributed by atoms with van der Waals surface area (Å²) in [6.07, 6.45) is 6.59. The van der Waals surface area contributed by atoms with E-state index in [1.165, 1.54) is 12.1 Å². The van der Waals surface area contributed by atoms with Crippen molar-refractivity contribution in [3.63, 3.8) is 0 Å². The van der Waals surface area contributed by atoms with Crippen molar-refractivity contribution < 1.29 is 8.78 Å². The van der Waals surface area contributed by atoms with E-state index in [1.807, 2.05) is 18.2 Å². The molecule has 0 spiro atoms. The highest BCUT2D eigenvalue weighted by Gasteiger charge is 2.30. The van der Waals surface area contributed by atoms with Crippen LogP contribution in [-0.4, -0.2) is 16.7 Å². The average molecular weight is 285 g/mol. The lowest BCUT2D eigenvalue weighted by Crippen LogP contribution is -2.19. The van der Waals surface area contributed by atoms with E-state index in [0.29, 0.717) is 18.5 Å². The predicted octanol–water partition coefficient (Wildman–Crippen LogP) is 3.59. The molecule has 1 atom stereocenters. The molecule has 0 saturated heterocycles. The lowest BCUT2D eigenvalue weighted by atomic mass is 9.83. The molecular weight excluding hydrogens is 272 g/mol. The third-order valence-corrected chi connectivity index (χ3v) is 4.05. The van der Waals surface area contributed by atoms with Crippen LogP contribution in [0, 0.1) is 11.6 Å². The van der Waals surface area contributed by atoms with Crippen LogP contribution in [0.2, 0.25) is 0 Å². The zero-order valence-electron chi connectivity index (χ0n) is 11.2. The Labute approximate surface area is 120 Å². The molecule has 0 bridgehead atoms. The number of rotatable bonds is 2. The standard InChI is InChI=1S/C16H13F2N3/c17-10-4-5-13(18)12(8-10)11-6-7-19-16-14(11)15(20-21-16)9-2-1-3-9/h1-5,8,11H,6-7H2,(H2,19,20,21). The molecule has 1 aromatic carbocycles. The predicted molar refractivity (Wildman–Crippen MR) is 77.0 cm³/mol. The molecular formula is C16H13F2N3. The van der Waals surface area contributed by atoms with Crippen molar-refractivity contribution in [2.45, 2.75) is 12.3 Å². The third-order valence-electron chi connectivity index (χ3n) is 4.05. The maximum Gasteiger partial charge on any atom is 0.152 e. The van der Waals surface area contributed by atoms with Crippen LogP contribution in [0.25, 0.3) is 5.57 Å². The number of aromatic nitrogens is 2. The highest BCUT2D eigenvalue weighted by Crippen LogP contribution is 2.41. The summed E-state index contributed by atoms with van der Waals surface area (Å²) in [5.41, 5.74) is 3.23. The van der Waals surface area contributed by atoms with Crippen molar-refractivity contribution in [3.05, 3.63) is 64.9 Å². The number of H-pyrrole nitrogens is 1. The van der Waals surface area contributed by atoms with E-state index in [-0.39, 0.29) is 11.7 Å². The summed E-state index contributed by atoms with van der Waals surface area (Å²) in [6.45, 7) is 0.687. The molecule has 5 heteroatoms. The van der Waals surface area contributed by atoms with Gasteiger partial charge < -0.3 is 5.32 Å². The number of hydrogen-bond acceptors (Lipinski definition) is 2. The molecule has 0 radical (unpaired) electrons. The second kappa shape index (κ2) is 4.55. The van der Waals surface area contributed by atoms with Gasteiger partial charge in [-0.05, 0) is 35.8 Å². The first kappa shape index (κ1) is 12.3. The van der Waals surface area contributed by atoms with Crippen LogP contribution >= 0.6 is 0 Å². The lowest BCUT2D eigenvalue weighted by Gasteiger charge is -2.25. The SMILES string of the molecule is Fc1ccc(F)c(C2CCNc3n[nH]c(C4=CC=C4)c32)c1. The van der Waals surface area contributed by atoms with E-state index in [1.54, 1.807) is 0 Å². The van der Waals surface area contributed by atoms with Crippen molar-refractivity contribution in [1.29, 1.82) is 0 Å². The molecule has 2 heterocycles. The number of benzene rings is 1. The van der Waals surface area contributed by atoms with Gasteiger partial charge in [0.15, 0.2) is 5.82 Å². The van der Waals surface area contributed by atoms with Crippen LogP contribution in [0.3, 0.4) is 0 Å². The first-order valence-corrected chi connectivity index (χ1v) is 6.90. The maximum absolute atomic E-state index is 14.1. The van der Waals surface area contributed by atoms with Crippen molar-refractivity contribution in [2.24, 2.45) is 0 Å². The second-order valence-corrected chi connectivity index (χ2v) is 5.28. The van der Waals surface area contributed by atoms with E-state index in [2.05, 4.69) is 15.5 Å². The van der Waals surface area contributed by atoms with Gasteiger partial charge in [0.05, 0.1) is 5.69 Å². The molecule has 0 fully saturated rings. The Morgan fingerprint density at radius 1 is 1.24 bits per heavy atom. The zero-order valence-corrected chi connectivity index (χ0v) is 11.2. The Morgan fingerprint density at radius 3 is 2.86 bits per heavy atom. The van der Waals surface area contributed by atoms with Gasteiger partial charge in [0.25, 0.3) is 0 Å². The minimum absolute atomic E-state index is 0.194. The minimum atomic E-state index is -0.417. The number of fused-ring (bicyclic) bond motifs is 1. The van der Waals surface area contributed by atoms with Gasteiger partial charge in [0.2, 0.25) is 0 Å². The zero-order chi connectivity index (χ0) is 14.4.